The van der Waals surface area contributed by atoms with Crippen molar-refractivity contribution >= 4 is 15.7 Å². The van der Waals surface area contributed by atoms with E-state index in [1.165, 1.54) is 10.5 Å². The third-order valence-electron chi connectivity index (χ3n) is 2.21. The molecule has 0 radical (unpaired) electrons. The Bertz CT molecular complexity index is 445. The molecular weight excluding hydrogens is 226 g/mol. The van der Waals surface area contributed by atoms with Crippen molar-refractivity contribution in [1.82, 2.24) is 9.29 Å². The van der Waals surface area contributed by atoms with Crippen LogP contribution in [0.4, 0.5) is 5.69 Å². The van der Waals surface area contributed by atoms with Crippen LogP contribution in [-0.4, -0.2) is 30.8 Å². The van der Waals surface area contributed by atoms with Crippen molar-refractivity contribution in [3.05, 3.63) is 18.3 Å². The fourth-order valence-electron chi connectivity index (χ4n) is 1.44. The van der Waals surface area contributed by atoms with Crippen molar-refractivity contribution < 1.29 is 8.42 Å². The van der Waals surface area contributed by atoms with Gasteiger partial charge in [-0.3, -0.25) is 0 Å². The standard InChI is InChI=1S/C10H17N3O2S/c1-3-8-13(4-2)16(14,15)10-9(11)6-5-7-12-10/h5-7H,3-4,8,11H2,1-2H3. The maximum absolute atomic E-state index is 12.2. The second-order valence-electron chi connectivity index (χ2n) is 3.39. The molecule has 0 saturated carbocycles. The van der Waals surface area contributed by atoms with E-state index in [4.69, 9.17) is 5.73 Å². The van der Waals surface area contributed by atoms with E-state index in [9.17, 15) is 8.42 Å². The molecule has 0 amide bonds. The molecule has 1 rings (SSSR count). The lowest BCUT2D eigenvalue weighted by molar-refractivity contribution is 0.425. The van der Waals surface area contributed by atoms with E-state index in [-0.39, 0.29) is 10.7 Å². The zero-order valence-electron chi connectivity index (χ0n) is 9.55. The molecule has 5 nitrogen and oxygen atoms in total. The molecule has 0 aliphatic heterocycles. The summed E-state index contributed by atoms with van der Waals surface area (Å²) in [4.78, 5) is 3.85. The molecule has 0 aliphatic carbocycles. The minimum absolute atomic E-state index is 0.0506. The van der Waals surface area contributed by atoms with Gasteiger partial charge in [-0.05, 0) is 18.6 Å². The highest BCUT2D eigenvalue weighted by Gasteiger charge is 2.25. The molecule has 6 heteroatoms. The number of sulfonamides is 1. The number of pyridine rings is 1. The summed E-state index contributed by atoms with van der Waals surface area (Å²) < 4.78 is 25.7. The number of rotatable bonds is 5. The van der Waals surface area contributed by atoms with Gasteiger partial charge in [0.15, 0.2) is 5.03 Å². The van der Waals surface area contributed by atoms with Crippen LogP contribution in [0.25, 0.3) is 0 Å². The summed E-state index contributed by atoms with van der Waals surface area (Å²) in [5.74, 6) is 0. The van der Waals surface area contributed by atoms with Crippen LogP contribution in [0.2, 0.25) is 0 Å². The van der Waals surface area contributed by atoms with Crippen molar-refractivity contribution in [2.75, 3.05) is 18.8 Å². The minimum Gasteiger partial charge on any atom is -0.396 e. The number of anilines is 1. The van der Waals surface area contributed by atoms with Crippen molar-refractivity contribution in [2.24, 2.45) is 0 Å². The molecule has 0 unspecified atom stereocenters. The van der Waals surface area contributed by atoms with Gasteiger partial charge in [-0.1, -0.05) is 13.8 Å². The number of hydrogen-bond acceptors (Lipinski definition) is 4. The van der Waals surface area contributed by atoms with Gasteiger partial charge in [0.05, 0.1) is 5.69 Å². The molecule has 0 aromatic carbocycles. The van der Waals surface area contributed by atoms with Gasteiger partial charge in [-0.25, -0.2) is 13.4 Å². The second kappa shape index (κ2) is 5.27. The van der Waals surface area contributed by atoms with E-state index in [1.807, 2.05) is 6.92 Å². The maximum Gasteiger partial charge on any atom is 0.262 e. The zero-order chi connectivity index (χ0) is 12.2. The van der Waals surface area contributed by atoms with Crippen molar-refractivity contribution in [3.8, 4) is 0 Å². The number of nitrogens with two attached hydrogens (primary N) is 1. The smallest absolute Gasteiger partial charge is 0.262 e. The van der Waals surface area contributed by atoms with Gasteiger partial charge in [-0.2, -0.15) is 4.31 Å². The van der Waals surface area contributed by atoms with E-state index in [2.05, 4.69) is 4.98 Å². The third-order valence-corrected chi connectivity index (χ3v) is 4.16. The Balaban J connectivity index is 3.15. The molecule has 1 aromatic rings. The summed E-state index contributed by atoms with van der Waals surface area (Å²) in [7, 11) is -3.55. The highest BCUT2D eigenvalue weighted by atomic mass is 32.2. The Morgan fingerprint density at radius 2 is 2.12 bits per heavy atom. The molecule has 16 heavy (non-hydrogen) atoms. The molecule has 0 fully saturated rings. The number of nitrogen functional groups attached to an aromatic ring is 1. The Morgan fingerprint density at radius 3 is 2.62 bits per heavy atom. The predicted molar refractivity (Wildman–Crippen MR) is 63.4 cm³/mol. The average Bonchev–Trinajstić information content (AvgIpc) is 2.26. The van der Waals surface area contributed by atoms with Gasteiger partial charge < -0.3 is 5.73 Å². The fraction of sp³-hybridized carbons (Fsp3) is 0.500. The molecule has 0 spiro atoms. The Morgan fingerprint density at radius 1 is 1.44 bits per heavy atom. The van der Waals surface area contributed by atoms with Gasteiger partial charge in [0.2, 0.25) is 0 Å². The highest BCUT2D eigenvalue weighted by molar-refractivity contribution is 7.89. The summed E-state index contributed by atoms with van der Waals surface area (Å²) >= 11 is 0. The van der Waals surface area contributed by atoms with Crippen LogP contribution in [0.3, 0.4) is 0 Å². The molecule has 1 aromatic heterocycles. The lowest BCUT2D eigenvalue weighted by Gasteiger charge is -2.19. The fourth-order valence-corrected chi connectivity index (χ4v) is 3.01. The summed E-state index contributed by atoms with van der Waals surface area (Å²) in [6.07, 6.45) is 2.20. The van der Waals surface area contributed by atoms with Crippen LogP contribution in [0.5, 0.6) is 0 Å². The first kappa shape index (κ1) is 12.9. The lowest BCUT2D eigenvalue weighted by Crippen LogP contribution is -2.32. The van der Waals surface area contributed by atoms with Crippen LogP contribution in [-0.2, 0) is 10.0 Å². The molecular formula is C10H17N3O2S. The normalized spacial score (nSPS) is 11.9. The average molecular weight is 243 g/mol. The summed E-state index contributed by atoms with van der Waals surface area (Å²) in [5.41, 5.74) is 5.82. The summed E-state index contributed by atoms with van der Waals surface area (Å²) in [6, 6.07) is 3.16. The van der Waals surface area contributed by atoms with Crippen LogP contribution in [0.15, 0.2) is 23.4 Å². The molecule has 90 valence electrons. The third kappa shape index (κ3) is 2.51. The molecule has 0 saturated heterocycles. The van der Waals surface area contributed by atoms with Crippen LogP contribution >= 0.6 is 0 Å². The quantitative estimate of drug-likeness (QED) is 0.839. The van der Waals surface area contributed by atoms with Gasteiger partial charge in [-0.15, -0.1) is 0 Å². The first-order chi connectivity index (χ1) is 7.54. The number of nitrogens with zero attached hydrogens (tertiary/aromatic N) is 2. The predicted octanol–water partition coefficient (Wildman–Crippen LogP) is 1.08. The van der Waals surface area contributed by atoms with E-state index in [1.54, 1.807) is 19.1 Å². The summed E-state index contributed by atoms with van der Waals surface area (Å²) in [5, 5.41) is -0.0506. The van der Waals surface area contributed by atoms with Crippen molar-refractivity contribution in [2.45, 2.75) is 25.3 Å². The molecule has 1 heterocycles. The molecule has 0 aliphatic rings. The summed E-state index contributed by atoms with van der Waals surface area (Å²) in [6.45, 7) is 4.63. The monoisotopic (exact) mass is 243 g/mol. The van der Waals surface area contributed by atoms with Crippen LogP contribution in [0, 0.1) is 0 Å². The van der Waals surface area contributed by atoms with Crippen molar-refractivity contribution in [1.29, 1.82) is 0 Å². The van der Waals surface area contributed by atoms with E-state index in [0.29, 0.717) is 13.1 Å². The molecule has 0 atom stereocenters. The second-order valence-corrected chi connectivity index (χ2v) is 5.25. The van der Waals surface area contributed by atoms with Crippen LogP contribution in [0.1, 0.15) is 20.3 Å². The van der Waals surface area contributed by atoms with Gasteiger partial charge in [0.25, 0.3) is 10.0 Å². The topological polar surface area (TPSA) is 76.3 Å². The largest absolute Gasteiger partial charge is 0.396 e. The van der Waals surface area contributed by atoms with Gasteiger partial charge >= 0.3 is 0 Å². The number of hydrogen-bond donors (Lipinski definition) is 1. The van der Waals surface area contributed by atoms with E-state index in [0.717, 1.165) is 6.42 Å². The maximum atomic E-state index is 12.2. The first-order valence-corrected chi connectivity index (χ1v) is 6.68. The van der Waals surface area contributed by atoms with Gasteiger partial charge in [0, 0.05) is 19.3 Å². The van der Waals surface area contributed by atoms with Crippen molar-refractivity contribution in [3.63, 3.8) is 0 Å². The minimum atomic E-state index is -3.55. The van der Waals surface area contributed by atoms with E-state index < -0.39 is 10.0 Å². The Kier molecular flexibility index (Phi) is 4.26. The Hall–Kier alpha value is -1.14. The van der Waals surface area contributed by atoms with Crippen LogP contribution < -0.4 is 5.73 Å². The van der Waals surface area contributed by atoms with Gasteiger partial charge in [0.1, 0.15) is 0 Å². The first-order valence-electron chi connectivity index (χ1n) is 5.24. The SMILES string of the molecule is CCCN(CC)S(=O)(=O)c1ncccc1N. The lowest BCUT2D eigenvalue weighted by atomic mass is 10.4. The molecule has 2 N–H and O–H groups in total. The molecule has 0 bridgehead atoms. The Labute approximate surface area is 96.3 Å². The number of aromatic nitrogens is 1. The zero-order valence-corrected chi connectivity index (χ0v) is 10.4. The van der Waals surface area contributed by atoms with E-state index >= 15 is 0 Å². The highest BCUT2D eigenvalue weighted by Crippen LogP contribution is 2.19.